The van der Waals surface area contributed by atoms with Crippen molar-refractivity contribution in [1.29, 1.82) is 0 Å². The van der Waals surface area contributed by atoms with E-state index in [9.17, 15) is 14.7 Å². The van der Waals surface area contributed by atoms with Gasteiger partial charge in [0, 0.05) is 0 Å². The van der Waals surface area contributed by atoms with Crippen LogP contribution < -0.4 is 5.32 Å². The van der Waals surface area contributed by atoms with Crippen molar-refractivity contribution in [3.63, 3.8) is 0 Å². The number of carboxylic acid groups (broad SMARTS) is 1. The third-order valence-corrected chi connectivity index (χ3v) is 4.64. The molecular formula is C21H21NO3. The predicted octanol–water partition coefficient (Wildman–Crippen LogP) is 3.56. The first-order valence-electron chi connectivity index (χ1n) is 8.45. The van der Waals surface area contributed by atoms with Crippen molar-refractivity contribution in [1.82, 2.24) is 5.32 Å². The summed E-state index contributed by atoms with van der Waals surface area (Å²) in [5, 5.41) is 12.5. The largest absolute Gasteiger partial charge is 0.481 e. The molecule has 2 aromatic rings. The maximum absolute atomic E-state index is 12.9. The molecule has 1 aliphatic rings. The van der Waals surface area contributed by atoms with Gasteiger partial charge >= 0.3 is 5.97 Å². The fraction of sp³-hybridized carbons (Fsp3) is 0.238. The Balaban J connectivity index is 1.86. The van der Waals surface area contributed by atoms with Crippen LogP contribution in [0.5, 0.6) is 0 Å². The zero-order valence-corrected chi connectivity index (χ0v) is 13.8. The van der Waals surface area contributed by atoms with E-state index in [-0.39, 0.29) is 11.9 Å². The van der Waals surface area contributed by atoms with E-state index in [0.717, 1.165) is 11.1 Å². The molecule has 0 spiro atoms. The molecule has 0 aliphatic heterocycles. The minimum Gasteiger partial charge on any atom is -0.481 e. The summed E-state index contributed by atoms with van der Waals surface area (Å²) in [4.78, 5) is 24.3. The van der Waals surface area contributed by atoms with Gasteiger partial charge in [-0.05, 0) is 24.0 Å². The Labute approximate surface area is 147 Å². The van der Waals surface area contributed by atoms with E-state index in [4.69, 9.17) is 0 Å². The molecule has 0 saturated heterocycles. The monoisotopic (exact) mass is 335 g/mol. The molecule has 0 heterocycles. The van der Waals surface area contributed by atoms with Crippen LogP contribution in [0.4, 0.5) is 0 Å². The molecule has 0 saturated carbocycles. The molecule has 25 heavy (non-hydrogen) atoms. The van der Waals surface area contributed by atoms with Crippen LogP contribution in [0.3, 0.4) is 0 Å². The number of carboxylic acids is 1. The van der Waals surface area contributed by atoms with Crippen LogP contribution in [0.1, 0.15) is 30.0 Å². The first kappa shape index (κ1) is 17.0. The highest BCUT2D eigenvalue weighted by Gasteiger charge is 2.35. The summed E-state index contributed by atoms with van der Waals surface area (Å²) in [6, 6.07) is 19.2. The number of allylic oxidation sites excluding steroid dienone is 2. The van der Waals surface area contributed by atoms with Crippen molar-refractivity contribution >= 4 is 11.9 Å². The molecule has 2 atom stereocenters. The molecule has 1 aliphatic carbocycles. The van der Waals surface area contributed by atoms with Crippen LogP contribution in [0.15, 0.2) is 72.8 Å². The summed E-state index contributed by atoms with van der Waals surface area (Å²) >= 11 is 0. The van der Waals surface area contributed by atoms with Crippen LogP contribution in [0, 0.1) is 11.8 Å². The van der Waals surface area contributed by atoms with Gasteiger partial charge in [-0.1, -0.05) is 72.8 Å². The Morgan fingerprint density at radius 3 is 1.80 bits per heavy atom. The lowest BCUT2D eigenvalue weighted by molar-refractivity contribution is -0.147. The summed E-state index contributed by atoms with van der Waals surface area (Å²) in [5.41, 5.74) is 1.94. The predicted molar refractivity (Wildman–Crippen MR) is 95.9 cm³/mol. The Bertz CT molecular complexity index is 716. The molecule has 0 unspecified atom stereocenters. The van der Waals surface area contributed by atoms with E-state index < -0.39 is 17.8 Å². The highest BCUT2D eigenvalue weighted by atomic mass is 16.4. The summed E-state index contributed by atoms with van der Waals surface area (Å²) < 4.78 is 0. The second-order valence-corrected chi connectivity index (χ2v) is 6.26. The first-order valence-corrected chi connectivity index (χ1v) is 8.45. The fourth-order valence-electron chi connectivity index (χ4n) is 3.28. The standard InChI is InChI=1S/C21H21NO3/c23-20(17-13-7-8-14-18(17)21(24)25)22-19(15-9-3-1-4-10-15)16-11-5-2-6-12-16/h1-12,17-19H,13-14H2,(H,22,23)(H,24,25)/t17-,18-/m1/s1. The van der Waals surface area contributed by atoms with Gasteiger partial charge in [-0.25, -0.2) is 0 Å². The molecule has 0 aromatic heterocycles. The molecule has 2 N–H and O–H groups in total. The molecular weight excluding hydrogens is 314 g/mol. The second kappa shape index (κ2) is 7.79. The third kappa shape index (κ3) is 3.97. The summed E-state index contributed by atoms with van der Waals surface area (Å²) in [6.07, 6.45) is 4.59. The summed E-state index contributed by atoms with van der Waals surface area (Å²) in [6.45, 7) is 0. The summed E-state index contributed by atoms with van der Waals surface area (Å²) in [7, 11) is 0. The van der Waals surface area contributed by atoms with Gasteiger partial charge in [-0.15, -0.1) is 0 Å². The van der Waals surface area contributed by atoms with Gasteiger partial charge < -0.3 is 10.4 Å². The highest BCUT2D eigenvalue weighted by molar-refractivity contribution is 5.85. The maximum atomic E-state index is 12.9. The lowest BCUT2D eigenvalue weighted by Crippen LogP contribution is -2.40. The molecule has 3 rings (SSSR count). The molecule has 4 heteroatoms. The number of nitrogens with one attached hydrogen (secondary N) is 1. The van der Waals surface area contributed by atoms with Crippen molar-refractivity contribution in [2.24, 2.45) is 11.8 Å². The van der Waals surface area contributed by atoms with Gasteiger partial charge in [0.25, 0.3) is 0 Å². The van der Waals surface area contributed by atoms with Crippen LogP contribution in [-0.2, 0) is 9.59 Å². The SMILES string of the molecule is O=C(O)[C@@H]1CC=CC[C@H]1C(=O)NC(c1ccccc1)c1ccccc1. The number of aliphatic carboxylic acids is 1. The normalized spacial score (nSPS) is 19.6. The lowest BCUT2D eigenvalue weighted by Gasteiger charge is -2.27. The van der Waals surface area contributed by atoms with Gasteiger partial charge in [0.05, 0.1) is 17.9 Å². The molecule has 0 bridgehead atoms. The number of carbonyl (C=O) groups is 2. The average molecular weight is 335 g/mol. The van der Waals surface area contributed by atoms with Crippen molar-refractivity contribution in [3.05, 3.63) is 83.9 Å². The van der Waals surface area contributed by atoms with Gasteiger partial charge in [-0.2, -0.15) is 0 Å². The minimum absolute atomic E-state index is 0.213. The van der Waals surface area contributed by atoms with E-state index >= 15 is 0 Å². The van der Waals surface area contributed by atoms with Gasteiger partial charge in [0.1, 0.15) is 0 Å². The number of carbonyl (C=O) groups excluding carboxylic acids is 1. The quantitative estimate of drug-likeness (QED) is 0.821. The number of benzene rings is 2. The Morgan fingerprint density at radius 2 is 1.32 bits per heavy atom. The topological polar surface area (TPSA) is 66.4 Å². The minimum atomic E-state index is -0.916. The summed E-state index contributed by atoms with van der Waals surface area (Å²) in [5.74, 6) is -2.34. The highest BCUT2D eigenvalue weighted by Crippen LogP contribution is 2.28. The van der Waals surface area contributed by atoms with E-state index in [2.05, 4.69) is 5.32 Å². The molecule has 1 amide bonds. The van der Waals surface area contributed by atoms with Crippen LogP contribution in [0.2, 0.25) is 0 Å². The van der Waals surface area contributed by atoms with Gasteiger partial charge in [0.15, 0.2) is 0 Å². The third-order valence-electron chi connectivity index (χ3n) is 4.64. The van der Waals surface area contributed by atoms with E-state index in [1.165, 1.54) is 0 Å². The Morgan fingerprint density at radius 1 is 0.840 bits per heavy atom. The fourth-order valence-corrected chi connectivity index (χ4v) is 3.28. The van der Waals surface area contributed by atoms with Gasteiger partial charge in [-0.3, -0.25) is 9.59 Å². The molecule has 0 radical (unpaired) electrons. The Kier molecular flexibility index (Phi) is 5.29. The number of hydrogen-bond acceptors (Lipinski definition) is 2. The number of rotatable bonds is 5. The van der Waals surface area contributed by atoms with E-state index in [0.29, 0.717) is 12.8 Å². The van der Waals surface area contributed by atoms with Crippen molar-refractivity contribution in [3.8, 4) is 0 Å². The Hall–Kier alpha value is -2.88. The molecule has 4 nitrogen and oxygen atoms in total. The first-order chi connectivity index (χ1) is 12.2. The maximum Gasteiger partial charge on any atom is 0.307 e. The zero-order valence-electron chi connectivity index (χ0n) is 13.8. The smallest absolute Gasteiger partial charge is 0.307 e. The van der Waals surface area contributed by atoms with E-state index in [1.807, 2.05) is 72.8 Å². The van der Waals surface area contributed by atoms with Crippen molar-refractivity contribution in [2.45, 2.75) is 18.9 Å². The average Bonchev–Trinajstić information content (AvgIpc) is 2.67. The molecule has 0 fully saturated rings. The van der Waals surface area contributed by atoms with Gasteiger partial charge in [0.2, 0.25) is 5.91 Å². The van der Waals surface area contributed by atoms with E-state index in [1.54, 1.807) is 0 Å². The zero-order chi connectivity index (χ0) is 17.6. The van der Waals surface area contributed by atoms with Crippen molar-refractivity contribution in [2.75, 3.05) is 0 Å². The number of hydrogen-bond donors (Lipinski definition) is 2. The molecule has 2 aromatic carbocycles. The van der Waals surface area contributed by atoms with Crippen LogP contribution in [0.25, 0.3) is 0 Å². The van der Waals surface area contributed by atoms with Crippen LogP contribution >= 0.6 is 0 Å². The van der Waals surface area contributed by atoms with Crippen LogP contribution in [-0.4, -0.2) is 17.0 Å². The lowest BCUT2D eigenvalue weighted by atomic mass is 9.82. The molecule has 128 valence electrons. The number of amides is 1. The van der Waals surface area contributed by atoms with Crippen molar-refractivity contribution < 1.29 is 14.7 Å². The second-order valence-electron chi connectivity index (χ2n) is 6.26.